The van der Waals surface area contributed by atoms with Crippen LogP contribution < -0.4 is 0 Å². The van der Waals surface area contributed by atoms with E-state index in [0.29, 0.717) is 10.9 Å². The van der Waals surface area contributed by atoms with Crippen LogP contribution >= 0.6 is 23.4 Å². The third-order valence-corrected chi connectivity index (χ3v) is 3.35. The Morgan fingerprint density at radius 1 is 1.22 bits per heavy atom. The second-order valence-electron chi connectivity index (χ2n) is 3.37. The number of thioether (sulfide) groups is 1. The van der Waals surface area contributed by atoms with Gasteiger partial charge in [0.05, 0.1) is 23.0 Å². The van der Waals surface area contributed by atoms with Crippen molar-refractivity contribution >= 4 is 29.1 Å². The minimum atomic E-state index is -0.418. The van der Waals surface area contributed by atoms with Crippen molar-refractivity contribution in [1.29, 1.82) is 0 Å². The van der Waals surface area contributed by atoms with Crippen molar-refractivity contribution in [2.75, 3.05) is 0 Å². The zero-order chi connectivity index (χ0) is 13.0. The van der Waals surface area contributed by atoms with E-state index < -0.39 is 4.92 Å². The average Bonchev–Trinajstić information content (AvgIpc) is 2.38. The predicted octanol–water partition coefficient (Wildman–Crippen LogP) is 3.33. The highest BCUT2D eigenvalue weighted by Gasteiger charge is 2.04. The fourth-order valence-electron chi connectivity index (χ4n) is 1.23. The Morgan fingerprint density at radius 2 is 1.94 bits per heavy atom. The molecule has 1 aromatic heterocycles. The average molecular weight is 282 g/mol. The Hall–Kier alpha value is -1.66. The van der Waals surface area contributed by atoms with E-state index >= 15 is 0 Å². The first-order valence-electron chi connectivity index (χ1n) is 4.99. The van der Waals surface area contributed by atoms with Crippen LogP contribution in [0.15, 0.2) is 41.6 Å². The van der Waals surface area contributed by atoms with Crippen LogP contribution in [0.2, 0.25) is 5.15 Å². The summed E-state index contributed by atoms with van der Waals surface area (Å²) in [5, 5.41) is 10.9. The summed E-state index contributed by atoms with van der Waals surface area (Å²) < 4.78 is 0. The number of halogens is 1. The van der Waals surface area contributed by atoms with Crippen LogP contribution in [0.3, 0.4) is 0 Å². The molecule has 0 aliphatic rings. The first-order chi connectivity index (χ1) is 8.65. The Morgan fingerprint density at radius 3 is 2.50 bits per heavy atom. The number of nitrogens with zero attached hydrogens (tertiary/aromatic N) is 3. The molecular formula is C11H8ClN3O2S. The number of aromatic nitrogens is 2. The lowest BCUT2D eigenvalue weighted by atomic mass is 10.3. The van der Waals surface area contributed by atoms with Gasteiger partial charge in [-0.05, 0) is 12.1 Å². The molecule has 5 nitrogen and oxygen atoms in total. The van der Waals surface area contributed by atoms with Gasteiger partial charge < -0.3 is 0 Å². The van der Waals surface area contributed by atoms with Crippen LogP contribution in [0.25, 0.3) is 0 Å². The van der Waals surface area contributed by atoms with Crippen molar-refractivity contribution in [3.8, 4) is 0 Å². The number of hydrogen-bond acceptors (Lipinski definition) is 5. The molecule has 7 heteroatoms. The lowest BCUT2D eigenvalue weighted by molar-refractivity contribution is -0.384. The van der Waals surface area contributed by atoms with Gasteiger partial charge in [0, 0.05) is 22.8 Å². The van der Waals surface area contributed by atoms with Gasteiger partial charge in [-0.25, -0.2) is 4.98 Å². The van der Waals surface area contributed by atoms with Gasteiger partial charge >= 0.3 is 0 Å². The fourth-order valence-corrected chi connectivity index (χ4v) is 2.12. The highest BCUT2D eigenvalue weighted by molar-refractivity contribution is 7.98. The molecule has 0 atom stereocenters. The van der Waals surface area contributed by atoms with E-state index in [0.717, 1.165) is 10.6 Å². The van der Waals surface area contributed by atoms with Crippen molar-refractivity contribution < 1.29 is 4.92 Å². The summed E-state index contributed by atoms with van der Waals surface area (Å²) in [7, 11) is 0. The molecule has 0 amide bonds. The van der Waals surface area contributed by atoms with Crippen LogP contribution in [0.5, 0.6) is 0 Å². The van der Waals surface area contributed by atoms with Gasteiger partial charge in [-0.3, -0.25) is 15.1 Å². The Bertz CT molecular complexity index is 545. The quantitative estimate of drug-likeness (QED) is 0.488. The molecule has 1 heterocycles. The minimum absolute atomic E-state index is 0.0886. The van der Waals surface area contributed by atoms with E-state index in [4.69, 9.17) is 11.6 Å². The van der Waals surface area contributed by atoms with Gasteiger partial charge in [0.25, 0.3) is 5.69 Å². The molecule has 92 valence electrons. The summed E-state index contributed by atoms with van der Waals surface area (Å²) in [4.78, 5) is 19.1. The monoisotopic (exact) mass is 281 g/mol. The molecule has 1 aromatic carbocycles. The zero-order valence-corrected chi connectivity index (χ0v) is 10.7. The molecule has 0 aliphatic carbocycles. The SMILES string of the molecule is O=[N+]([O-])c1ccc(SCc2cnc(Cl)cn2)cc1. The maximum atomic E-state index is 10.5. The fraction of sp³-hybridized carbons (Fsp3) is 0.0909. The second kappa shape index (κ2) is 5.79. The molecule has 0 saturated carbocycles. The van der Waals surface area contributed by atoms with Crippen LogP contribution in [-0.4, -0.2) is 14.9 Å². The standard InChI is InChI=1S/C11H8ClN3O2S/c12-11-6-13-8(5-14-11)7-18-10-3-1-9(2-4-10)15(16)17/h1-6H,7H2. The third kappa shape index (κ3) is 3.41. The number of non-ortho nitro benzene ring substituents is 1. The van der Waals surface area contributed by atoms with E-state index in [9.17, 15) is 10.1 Å². The summed E-state index contributed by atoms with van der Waals surface area (Å²) >= 11 is 7.16. The van der Waals surface area contributed by atoms with Crippen LogP contribution in [0, 0.1) is 10.1 Å². The summed E-state index contributed by atoms with van der Waals surface area (Å²) in [6.45, 7) is 0. The van der Waals surface area contributed by atoms with Crippen LogP contribution in [0.1, 0.15) is 5.69 Å². The summed E-state index contributed by atoms with van der Waals surface area (Å²) in [5.74, 6) is 0.641. The molecule has 0 spiro atoms. The van der Waals surface area contributed by atoms with Gasteiger partial charge in [0.2, 0.25) is 0 Å². The number of nitro benzene ring substituents is 1. The largest absolute Gasteiger partial charge is 0.269 e. The van der Waals surface area contributed by atoms with E-state index in [1.165, 1.54) is 30.1 Å². The molecule has 2 aromatic rings. The smallest absolute Gasteiger partial charge is 0.258 e. The van der Waals surface area contributed by atoms with Crippen molar-refractivity contribution in [2.45, 2.75) is 10.6 Å². The molecule has 0 N–H and O–H groups in total. The highest BCUT2D eigenvalue weighted by Crippen LogP contribution is 2.24. The maximum Gasteiger partial charge on any atom is 0.269 e. The van der Waals surface area contributed by atoms with Crippen molar-refractivity contribution in [2.24, 2.45) is 0 Å². The summed E-state index contributed by atoms with van der Waals surface area (Å²) in [6, 6.07) is 6.39. The molecule has 0 aliphatic heterocycles. The first-order valence-corrected chi connectivity index (χ1v) is 6.35. The number of benzene rings is 1. The molecule has 2 rings (SSSR count). The molecule has 0 radical (unpaired) electrons. The van der Waals surface area contributed by atoms with Crippen LogP contribution in [-0.2, 0) is 5.75 Å². The maximum absolute atomic E-state index is 10.5. The summed E-state index contributed by atoms with van der Waals surface area (Å²) in [6.07, 6.45) is 3.11. The normalized spacial score (nSPS) is 10.3. The lowest BCUT2D eigenvalue weighted by Crippen LogP contribution is -1.89. The molecule has 0 unspecified atom stereocenters. The zero-order valence-electron chi connectivity index (χ0n) is 9.12. The highest BCUT2D eigenvalue weighted by atomic mass is 35.5. The number of nitro groups is 1. The third-order valence-electron chi connectivity index (χ3n) is 2.11. The van der Waals surface area contributed by atoms with Gasteiger partial charge in [0.15, 0.2) is 0 Å². The Labute approximate surface area is 112 Å². The predicted molar refractivity (Wildman–Crippen MR) is 69.7 cm³/mol. The minimum Gasteiger partial charge on any atom is -0.258 e. The van der Waals surface area contributed by atoms with Gasteiger partial charge in [0.1, 0.15) is 5.15 Å². The van der Waals surface area contributed by atoms with E-state index in [1.807, 2.05) is 0 Å². The van der Waals surface area contributed by atoms with Gasteiger partial charge in [-0.2, -0.15) is 0 Å². The molecule has 0 bridgehead atoms. The Kier molecular flexibility index (Phi) is 4.11. The van der Waals surface area contributed by atoms with Crippen molar-refractivity contribution in [3.05, 3.63) is 57.6 Å². The van der Waals surface area contributed by atoms with Crippen LogP contribution in [0.4, 0.5) is 5.69 Å². The topological polar surface area (TPSA) is 68.9 Å². The van der Waals surface area contributed by atoms with E-state index in [1.54, 1.807) is 18.3 Å². The molecular weight excluding hydrogens is 274 g/mol. The number of hydrogen-bond donors (Lipinski definition) is 0. The lowest BCUT2D eigenvalue weighted by Gasteiger charge is -2.01. The first kappa shape index (κ1) is 12.8. The summed E-state index contributed by atoms with van der Waals surface area (Å²) in [5.41, 5.74) is 0.897. The van der Waals surface area contributed by atoms with Crippen molar-refractivity contribution in [1.82, 2.24) is 9.97 Å². The molecule has 0 saturated heterocycles. The van der Waals surface area contributed by atoms with Crippen molar-refractivity contribution in [3.63, 3.8) is 0 Å². The molecule has 18 heavy (non-hydrogen) atoms. The van der Waals surface area contributed by atoms with E-state index in [2.05, 4.69) is 9.97 Å². The Balaban J connectivity index is 1.97. The van der Waals surface area contributed by atoms with E-state index in [-0.39, 0.29) is 5.69 Å². The van der Waals surface area contributed by atoms with Gasteiger partial charge in [-0.15, -0.1) is 11.8 Å². The second-order valence-corrected chi connectivity index (χ2v) is 4.81. The molecule has 0 fully saturated rings. The van der Waals surface area contributed by atoms with Gasteiger partial charge in [-0.1, -0.05) is 11.6 Å². The number of rotatable bonds is 4.